The minimum absolute atomic E-state index is 0.293. The summed E-state index contributed by atoms with van der Waals surface area (Å²) in [6.45, 7) is 1.75. The predicted octanol–water partition coefficient (Wildman–Crippen LogP) is 4.35. The third-order valence-electron chi connectivity index (χ3n) is 3.48. The van der Waals surface area contributed by atoms with Crippen LogP contribution in [0.15, 0.2) is 54.7 Å². The average Bonchev–Trinajstić information content (AvgIpc) is 2.62. The molecule has 3 aromatic rings. The summed E-state index contributed by atoms with van der Waals surface area (Å²) in [4.78, 5) is 15.9. The SMILES string of the molecule is CCC(=O)Oc1ccnc2ccc(Oc3ccccc3OC)cc12. The molecule has 24 heavy (non-hydrogen) atoms. The number of ether oxygens (including phenoxy) is 3. The van der Waals surface area contributed by atoms with E-state index in [1.54, 1.807) is 32.4 Å². The number of esters is 1. The van der Waals surface area contributed by atoms with Crippen LogP contribution in [0.3, 0.4) is 0 Å². The maximum Gasteiger partial charge on any atom is 0.310 e. The Labute approximate surface area is 139 Å². The number of fused-ring (bicyclic) bond motifs is 1. The second kappa shape index (κ2) is 7.00. The maximum absolute atomic E-state index is 11.6. The van der Waals surface area contributed by atoms with Crippen molar-refractivity contribution >= 4 is 16.9 Å². The number of hydrogen-bond acceptors (Lipinski definition) is 5. The monoisotopic (exact) mass is 323 g/mol. The first-order chi connectivity index (χ1) is 11.7. The van der Waals surface area contributed by atoms with E-state index in [4.69, 9.17) is 14.2 Å². The third kappa shape index (κ3) is 3.30. The van der Waals surface area contributed by atoms with Crippen molar-refractivity contribution in [3.05, 3.63) is 54.7 Å². The molecule has 0 bridgehead atoms. The normalized spacial score (nSPS) is 10.4. The summed E-state index contributed by atoms with van der Waals surface area (Å²) in [5.74, 6) is 2.03. The van der Waals surface area contributed by atoms with Crippen LogP contribution in [-0.4, -0.2) is 18.1 Å². The van der Waals surface area contributed by atoms with Crippen molar-refractivity contribution in [2.45, 2.75) is 13.3 Å². The van der Waals surface area contributed by atoms with Gasteiger partial charge in [0.2, 0.25) is 0 Å². The van der Waals surface area contributed by atoms with Gasteiger partial charge in [0, 0.05) is 18.0 Å². The predicted molar refractivity (Wildman–Crippen MR) is 90.7 cm³/mol. The summed E-state index contributed by atoms with van der Waals surface area (Å²) in [6, 6.07) is 14.5. The van der Waals surface area contributed by atoms with E-state index in [2.05, 4.69) is 4.98 Å². The molecule has 0 aliphatic carbocycles. The number of hydrogen-bond donors (Lipinski definition) is 0. The molecule has 122 valence electrons. The van der Waals surface area contributed by atoms with E-state index < -0.39 is 0 Å². The van der Waals surface area contributed by atoms with Gasteiger partial charge in [-0.1, -0.05) is 19.1 Å². The molecule has 0 radical (unpaired) electrons. The van der Waals surface area contributed by atoms with E-state index in [-0.39, 0.29) is 5.97 Å². The first kappa shape index (κ1) is 15.8. The molecule has 0 atom stereocenters. The molecule has 0 N–H and O–H groups in total. The van der Waals surface area contributed by atoms with Gasteiger partial charge in [-0.05, 0) is 36.4 Å². The first-order valence-corrected chi connectivity index (χ1v) is 7.61. The highest BCUT2D eigenvalue weighted by atomic mass is 16.5. The van der Waals surface area contributed by atoms with Crippen LogP contribution in [-0.2, 0) is 4.79 Å². The number of carbonyl (C=O) groups excluding carboxylic acids is 1. The number of benzene rings is 2. The maximum atomic E-state index is 11.6. The number of para-hydroxylation sites is 2. The molecule has 5 heteroatoms. The molecule has 2 aromatic carbocycles. The Balaban J connectivity index is 1.98. The van der Waals surface area contributed by atoms with Gasteiger partial charge in [-0.15, -0.1) is 0 Å². The van der Waals surface area contributed by atoms with Crippen molar-refractivity contribution in [1.82, 2.24) is 4.98 Å². The highest BCUT2D eigenvalue weighted by Gasteiger charge is 2.10. The zero-order chi connectivity index (χ0) is 16.9. The summed E-state index contributed by atoms with van der Waals surface area (Å²) < 4.78 is 16.6. The summed E-state index contributed by atoms with van der Waals surface area (Å²) in [6.07, 6.45) is 1.92. The molecule has 0 saturated heterocycles. The van der Waals surface area contributed by atoms with Gasteiger partial charge in [0.25, 0.3) is 0 Å². The molecule has 0 aliphatic rings. The van der Waals surface area contributed by atoms with Crippen LogP contribution in [0.5, 0.6) is 23.0 Å². The van der Waals surface area contributed by atoms with Crippen LogP contribution in [0.2, 0.25) is 0 Å². The Hall–Kier alpha value is -3.08. The van der Waals surface area contributed by atoms with Crippen molar-refractivity contribution in [2.24, 2.45) is 0 Å². The number of aromatic nitrogens is 1. The van der Waals surface area contributed by atoms with Crippen LogP contribution < -0.4 is 14.2 Å². The van der Waals surface area contributed by atoms with Gasteiger partial charge in [-0.25, -0.2) is 0 Å². The lowest BCUT2D eigenvalue weighted by molar-refractivity contribution is -0.133. The number of carbonyl (C=O) groups is 1. The van der Waals surface area contributed by atoms with Gasteiger partial charge in [0.05, 0.1) is 12.6 Å². The van der Waals surface area contributed by atoms with Gasteiger partial charge < -0.3 is 14.2 Å². The second-order valence-corrected chi connectivity index (χ2v) is 5.07. The van der Waals surface area contributed by atoms with E-state index in [1.807, 2.05) is 36.4 Å². The third-order valence-corrected chi connectivity index (χ3v) is 3.48. The number of nitrogens with zero attached hydrogens (tertiary/aromatic N) is 1. The molecule has 3 rings (SSSR count). The lowest BCUT2D eigenvalue weighted by Crippen LogP contribution is -2.06. The number of methoxy groups -OCH3 is 1. The van der Waals surface area contributed by atoms with Gasteiger partial charge in [0.1, 0.15) is 11.5 Å². The summed E-state index contributed by atoms with van der Waals surface area (Å²) in [5.41, 5.74) is 0.726. The fraction of sp³-hybridized carbons (Fsp3) is 0.158. The minimum atomic E-state index is -0.293. The smallest absolute Gasteiger partial charge is 0.310 e. The zero-order valence-corrected chi connectivity index (χ0v) is 13.5. The van der Waals surface area contributed by atoms with Crippen LogP contribution in [0, 0.1) is 0 Å². The van der Waals surface area contributed by atoms with Gasteiger partial charge >= 0.3 is 5.97 Å². The highest BCUT2D eigenvalue weighted by molar-refractivity contribution is 5.88. The first-order valence-electron chi connectivity index (χ1n) is 7.61. The van der Waals surface area contributed by atoms with E-state index in [1.165, 1.54) is 0 Å². The lowest BCUT2D eigenvalue weighted by atomic mass is 10.2. The van der Waals surface area contributed by atoms with E-state index in [0.29, 0.717) is 34.8 Å². The van der Waals surface area contributed by atoms with Crippen molar-refractivity contribution in [3.63, 3.8) is 0 Å². The largest absolute Gasteiger partial charge is 0.493 e. The molecule has 0 fully saturated rings. The van der Waals surface area contributed by atoms with Crippen LogP contribution in [0.1, 0.15) is 13.3 Å². The average molecular weight is 323 g/mol. The number of pyridine rings is 1. The van der Waals surface area contributed by atoms with Crippen LogP contribution >= 0.6 is 0 Å². The Morgan fingerprint density at radius 2 is 1.83 bits per heavy atom. The van der Waals surface area contributed by atoms with Crippen molar-refractivity contribution in [3.8, 4) is 23.0 Å². The Morgan fingerprint density at radius 3 is 2.58 bits per heavy atom. The summed E-state index contributed by atoms with van der Waals surface area (Å²) >= 11 is 0. The van der Waals surface area contributed by atoms with Crippen LogP contribution in [0.4, 0.5) is 0 Å². The topological polar surface area (TPSA) is 57.7 Å². The fourth-order valence-corrected chi connectivity index (χ4v) is 2.28. The summed E-state index contributed by atoms with van der Waals surface area (Å²) in [5, 5.41) is 0.715. The molecule has 1 heterocycles. The molecule has 0 spiro atoms. The van der Waals surface area contributed by atoms with Crippen molar-refractivity contribution in [1.29, 1.82) is 0 Å². The van der Waals surface area contributed by atoms with Crippen molar-refractivity contribution < 1.29 is 19.0 Å². The Kier molecular flexibility index (Phi) is 4.61. The molecule has 1 aromatic heterocycles. The zero-order valence-electron chi connectivity index (χ0n) is 13.5. The quantitative estimate of drug-likeness (QED) is 0.653. The molecular weight excluding hydrogens is 306 g/mol. The Bertz CT molecular complexity index is 876. The van der Waals surface area contributed by atoms with Crippen LogP contribution in [0.25, 0.3) is 10.9 Å². The second-order valence-electron chi connectivity index (χ2n) is 5.07. The van der Waals surface area contributed by atoms with Gasteiger partial charge in [-0.2, -0.15) is 0 Å². The highest BCUT2D eigenvalue weighted by Crippen LogP contribution is 2.34. The minimum Gasteiger partial charge on any atom is -0.493 e. The molecule has 0 saturated carbocycles. The molecule has 0 aliphatic heterocycles. The number of rotatable bonds is 5. The van der Waals surface area contributed by atoms with E-state index in [0.717, 1.165) is 5.52 Å². The van der Waals surface area contributed by atoms with Crippen molar-refractivity contribution in [2.75, 3.05) is 7.11 Å². The summed E-state index contributed by atoms with van der Waals surface area (Å²) in [7, 11) is 1.59. The molecule has 5 nitrogen and oxygen atoms in total. The molecule has 0 amide bonds. The standard InChI is InChI=1S/C19H17NO4/c1-3-19(21)24-16-10-11-20-15-9-8-13(12-14(15)16)23-18-7-5-4-6-17(18)22-2/h4-12H,3H2,1-2H3. The fourth-order valence-electron chi connectivity index (χ4n) is 2.28. The van der Waals surface area contributed by atoms with E-state index in [9.17, 15) is 4.79 Å². The lowest BCUT2D eigenvalue weighted by Gasteiger charge is -2.11. The van der Waals surface area contributed by atoms with Gasteiger partial charge in [0.15, 0.2) is 11.5 Å². The van der Waals surface area contributed by atoms with E-state index >= 15 is 0 Å². The Morgan fingerprint density at radius 1 is 1.04 bits per heavy atom. The molecule has 0 unspecified atom stereocenters. The molecular formula is C19H17NO4. The van der Waals surface area contributed by atoms with Gasteiger partial charge in [-0.3, -0.25) is 9.78 Å².